The zero-order valence-corrected chi connectivity index (χ0v) is 13.9. The molecule has 0 aliphatic heterocycles. The van der Waals surface area contributed by atoms with Gasteiger partial charge in [-0.3, -0.25) is 0 Å². The summed E-state index contributed by atoms with van der Waals surface area (Å²) in [4.78, 5) is 2.48. The van der Waals surface area contributed by atoms with Gasteiger partial charge in [-0.2, -0.15) is 0 Å². The fourth-order valence-corrected chi connectivity index (χ4v) is 3.24. The van der Waals surface area contributed by atoms with E-state index in [-0.39, 0.29) is 0 Å². The summed E-state index contributed by atoms with van der Waals surface area (Å²) in [5, 5.41) is 1.05. The molecular weight excluding hydrogens is 286 g/mol. The zero-order chi connectivity index (χ0) is 13.8. The molecule has 1 aromatic rings. The lowest BCUT2D eigenvalue weighted by atomic mass is 9.81. The van der Waals surface area contributed by atoms with E-state index in [9.17, 15) is 0 Å². The lowest BCUT2D eigenvalue weighted by Crippen LogP contribution is -2.36. The summed E-state index contributed by atoms with van der Waals surface area (Å²) < 4.78 is 0. The Hall–Kier alpha value is -0.500. The monoisotopic (exact) mass is 311 g/mol. The first kappa shape index (κ1) is 15.6. The van der Waals surface area contributed by atoms with E-state index >= 15 is 0 Å². The summed E-state index contributed by atoms with van der Waals surface area (Å²) in [6, 6.07) is 8.79. The van der Waals surface area contributed by atoms with Crippen LogP contribution >= 0.6 is 15.9 Å². The van der Waals surface area contributed by atoms with E-state index < -0.39 is 0 Å². The minimum Gasteiger partial charge on any atom is -0.371 e. The van der Waals surface area contributed by atoms with Gasteiger partial charge in [0.2, 0.25) is 0 Å². The van der Waals surface area contributed by atoms with Gasteiger partial charge in [0.25, 0.3) is 0 Å². The Labute approximate surface area is 121 Å². The smallest absolute Gasteiger partial charge is 0.0368 e. The Morgan fingerprint density at radius 2 is 1.94 bits per heavy atom. The Morgan fingerprint density at radius 3 is 2.39 bits per heavy atom. The van der Waals surface area contributed by atoms with Gasteiger partial charge in [0.15, 0.2) is 0 Å². The number of anilines is 1. The summed E-state index contributed by atoms with van der Waals surface area (Å²) in [7, 11) is 0. The van der Waals surface area contributed by atoms with Gasteiger partial charge in [-0.25, -0.2) is 0 Å². The molecule has 0 aliphatic rings. The van der Waals surface area contributed by atoms with Crippen LogP contribution in [0.4, 0.5) is 5.69 Å². The zero-order valence-electron chi connectivity index (χ0n) is 12.3. The molecule has 102 valence electrons. The largest absolute Gasteiger partial charge is 0.371 e. The van der Waals surface area contributed by atoms with E-state index in [1.807, 2.05) is 0 Å². The van der Waals surface area contributed by atoms with E-state index in [4.69, 9.17) is 0 Å². The standard InChI is InChI=1S/C16H26BrN/c1-6-18(12-14(11-17)16(3,4)5)15-9-7-8-13(2)10-15/h7-10,14H,6,11-12H2,1-5H3. The van der Waals surface area contributed by atoms with Gasteiger partial charge in [-0.15, -0.1) is 0 Å². The molecule has 0 amide bonds. The van der Waals surface area contributed by atoms with E-state index in [0.717, 1.165) is 18.4 Å². The predicted octanol–water partition coefficient (Wildman–Crippen LogP) is 4.88. The van der Waals surface area contributed by atoms with Crippen LogP contribution in [0.5, 0.6) is 0 Å². The van der Waals surface area contributed by atoms with Crippen molar-refractivity contribution in [2.45, 2.75) is 34.6 Å². The summed E-state index contributed by atoms with van der Waals surface area (Å²) in [6.45, 7) is 13.5. The molecule has 1 aromatic carbocycles. The lowest BCUT2D eigenvalue weighted by Gasteiger charge is -2.35. The van der Waals surface area contributed by atoms with E-state index in [0.29, 0.717) is 11.3 Å². The normalized spacial score (nSPS) is 13.4. The van der Waals surface area contributed by atoms with Crippen LogP contribution in [0, 0.1) is 18.3 Å². The highest BCUT2D eigenvalue weighted by atomic mass is 79.9. The van der Waals surface area contributed by atoms with Crippen LogP contribution < -0.4 is 4.90 Å². The van der Waals surface area contributed by atoms with Gasteiger partial charge in [0.1, 0.15) is 0 Å². The highest BCUT2D eigenvalue weighted by Crippen LogP contribution is 2.29. The number of alkyl halides is 1. The number of aryl methyl sites for hydroxylation is 1. The first-order chi connectivity index (χ1) is 8.38. The fourth-order valence-electron chi connectivity index (χ4n) is 2.06. The van der Waals surface area contributed by atoms with Crippen molar-refractivity contribution in [2.24, 2.45) is 11.3 Å². The molecular formula is C16H26BrN. The maximum atomic E-state index is 3.67. The van der Waals surface area contributed by atoms with Crippen molar-refractivity contribution in [1.82, 2.24) is 0 Å². The van der Waals surface area contributed by atoms with Crippen molar-refractivity contribution in [3.8, 4) is 0 Å². The molecule has 0 heterocycles. The molecule has 0 spiro atoms. The highest BCUT2D eigenvalue weighted by molar-refractivity contribution is 9.09. The molecule has 0 aromatic heterocycles. The second-order valence-corrected chi connectivity index (χ2v) is 6.74. The van der Waals surface area contributed by atoms with E-state index in [1.54, 1.807) is 0 Å². The van der Waals surface area contributed by atoms with Crippen molar-refractivity contribution >= 4 is 21.6 Å². The Kier molecular flexibility index (Phi) is 5.71. The molecule has 0 saturated carbocycles. The van der Waals surface area contributed by atoms with Crippen molar-refractivity contribution in [1.29, 1.82) is 0 Å². The molecule has 1 atom stereocenters. The molecule has 0 saturated heterocycles. The van der Waals surface area contributed by atoms with Crippen LogP contribution in [0.15, 0.2) is 24.3 Å². The second kappa shape index (κ2) is 6.60. The van der Waals surface area contributed by atoms with Crippen LogP contribution in [-0.4, -0.2) is 18.4 Å². The van der Waals surface area contributed by atoms with Crippen LogP contribution in [-0.2, 0) is 0 Å². The lowest BCUT2D eigenvalue weighted by molar-refractivity contribution is 0.271. The highest BCUT2D eigenvalue weighted by Gasteiger charge is 2.25. The minimum atomic E-state index is 0.334. The molecule has 1 rings (SSSR count). The molecule has 0 fully saturated rings. The molecule has 0 radical (unpaired) electrons. The number of hydrogen-bond acceptors (Lipinski definition) is 1. The Bertz CT molecular complexity index is 368. The maximum absolute atomic E-state index is 3.67. The molecule has 18 heavy (non-hydrogen) atoms. The van der Waals surface area contributed by atoms with Crippen LogP contribution in [0.25, 0.3) is 0 Å². The number of benzene rings is 1. The summed E-state index contributed by atoms with van der Waals surface area (Å²) in [5.74, 6) is 0.651. The molecule has 0 aliphatic carbocycles. The van der Waals surface area contributed by atoms with E-state index in [1.165, 1.54) is 11.3 Å². The molecule has 0 N–H and O–H groups in total. The third-order valence-electron chi connectivity index (χ3n) is 3.60. The molecule has 0 bridgehead atoms. The number of nitrogens with zero attached hydrogens (tertiary/aromatic N) is 1. The Morgan fingerprint density at radius 1 is 1.28 bits per heavy atom. The summed E-state index contributed by atoms with van der Waals surface area (Å²) in [6.07, 6.45) is 0. The number of rotatable bonds is 5. The van der Waals surface area contributed by atoms with E-state index in [2.05, 4.69) is 79.7 Å². The molecule has 1 nitrogen and oxygen atoms in total. The van der Waals surface area contributed by atoms with Crippen molar-refractivity contribution in [3.05, 3.63) is 29.8 Å². The average molecular weight is 312 g/mol. The quantitative estimate of drug-likeness (QED) is 0.701. The molecule has 1 unspecified atom stereocenters. The number of hydrogen-bond donors (Lipinski definition) is 0. The number of halogens is 1. The van der Waals surface area contributed by atoms with Gasteiger partial charge in [-0.1, -0.05) is 48.8 Å². The van der Waals surface area contributed by atoms with Crippen LogP contribution in [0.2, 0.25) is 0 Å². The fraction of sp³-hybridized carbons (Fsp3) is 0.625. The predicted molar refractivity (Wildman–Crippen MR) is 85.8 cm³/mol. The Balaban J connectivity index is 2.84. The first-order valence-electron chi connectivity index (χ1n) is 6.76. The average Bonchev–Trinajstić information content (AvgIpc) is 2.28. The second-order valence-electron chi connectivity index (χ2n) is 6.09. The van der Waals surface area contributed by atoms with Crippen molar-refractivity contribution < 1.29 is 0 Å². The third kappa shape index (κ3) is 4.31. The van der Waals surface area contributed by atoms with Gasteiger partial charge < -0.3 is 4.90 Å². The van der Waals surface area contributed by atoms with Gasteiger partial charge in [-0.05, 0) is 42.9 Å². The topological polar surface area (TPSA) is 3.24 Å². The molecule has 2 heteroatoms. The van der Waals surface area contributed by atoms with Crippen molar-refractivity contribution in [2.75, 3.05) is 23.3 Å². The first-order valence-corrected chi connectivity index (χ1v) is 7.88. The van der Waals surface area contributed by atoms with Gasteiger partial charge in [0, 0.05) is 24.1 Å². The maximum Gasteiger partial charge on any atom is 0.0368 e. The SMILES string of the molecule is CCN(CC(CBr)C(C)(C)C)c1cccc(C)c1. The minimum absolute atomic E-state index is 0.334. The summed E-state index contributed by atoms with van der Waals surface area (Å²) >= 11 is 3.67. The van der Waals surface area contributed by atoms with Gasteiger partial charge >= 0.3 is 0 Å². The summed E-state index contributed by atoms with van der Waals surface area (Å²) in [5.41, 5.74) is 3.01. The van der Waals surface area contributed by atoms with Crippen LogP contribution in [0.3, 0.4) is 0 Å². The van der Waals surface area contributed by atoms with Crippen LogP contribution in [0.1, 0.15) is 33.3 Å². The van der Waals surface area contributed by atoms with Gasteiger partial charge in [0.05, 0.1) is 0 Å². The van der Waals surface area contributed by atoms with Crippen molar-refractivity contribution in [3.63, 3.8) is 0 Å². The third-order valence-corrected chi connectivity index (χ3v) is 4.38.